The van der Waals surface area contributed by atoms with Crippen LogP contribution < -0.4 is 23.3 Å². The number of aromatic nitrogens is 3. The number of ether oxygens (including phenoxy) is 5. The molecule has 0 radical (unpaired) electrons. The Bertz CT molecular complexity index is 1630. The first kappa shape index (κ1) is 30.9. The van der Waals surface area contributed by atoms with Crippen molar-refractivity contribution in [1.82, 2.24) is 15.0 Å². The molecule has 13 heteroatoms. The van der Waals surface area contributed by atoms with E-state index in [0.717, 1.165) is 15.4 Å². The maximum atomic E-state index is 12.8. The molecule has 0 aliphatic rings. The number of carbonyl (C=O) groups excluding carboxylic acids is 1. The highest BCUT2D eigenvalue weighted by atomic mass is 32.2. The number of methoxy groups -OCH3 is 2. The largest absolute Gasteiger partial charge is 0.755 e. The number of pyridine rings is 1. The average molecular weight is 606 g/mol. The fraction of sp³-hybridized carbons (Fsp3) is 0.200. The normalized spacial score (nSPS) is 11.3. The Morgan fingerprint density at radius 2 is 1.79 bits per heavy atom. The maximum Gasteiger partial charge on any atom is 0.344 e. The second-order valence-corrected chi connectivity index (χ2v) is 9.58. The number of allylic oxidation sites excluding steroid dienone is 1. The summed E-state index contributed by atoms with van der Waals surface area (Å²) in [5.41, 5.74) is 1.92. The fourth-order valence-electron chi connectivity index (χ4n) is 3.81. The van der Waals surface area contributed by atoms with Gasteiger partial charge in [-0.25, -0.2) is 19.1 Å². The van der Waals surface area contributed by atoms with Crippen LogP contribution in [0.4, 0.5) is 11.6 Å². The van der Waals surface area contributed by atoms with Crippen LogP contribution in [-0.2, 0) is 20.8 Å². The Balaban J connectivity index is 1.88. The third-order valence-corrected chi connectivity index (χ3v) is 6.49. The van der Waals surface area contributed by atoms with Crippen molar-refractivity contribution in [2.75, 3.05) is 31.7 Å². The third kappa shape index (κ3) is 7.45. The molecule has 0 amide bonds. The highest BCUT2D eigenvalue weighted by Crippen LogP contribution is 2.44. The number of hydrogen-bond donors (Lipinski definition) is 0. The van der Waals surface area contributed by atoms with Gasteiger partial charge in [-0.2, -0.15) is 4.98 Å². The molecule has 0 saturated carbocycles. The number of rotatable bonds is 13. The van der Waals surface area contributed by atoms with Crippen LogP contribution in [0.2, 0.25) is 0 Å². The molecule has 0 N–H and O–H groups in total. The monoisotopic (exact) mass is 605 g/mol. The van der Waals surface area contributed by atoms with Crippen LogP contribution in [0.5, 0.6) is 28.9 Å². The molecular formula is C30H29N4O8S-. The lowest BCUT2D eigenvalue weighted by atomic mass is 10.1. The van der Waals surface area contributed by atoms with Gasteiger partial charge in [-0.3, -0.25) is 4.21 Å². The highest BCUT2D eigenvalue weighted by molar-refractivity contribution is 7.81. The second-order valence-electron chi connectivity index (χ2n) is 8.78. The van der Waals surface area contributed by atoms with Gasteiger partial charge in [-0.05, 0) is 61.4 Å². The van der Waals surface area contributed by atoms with Gasteiger partial charge in [-0.15, -0.1) is 0 Å². The summed E-state index contributed by atoms with van der Waals surface area (Å²) in [4.78, 5) is 25.2. The van der Waals surface area contributed by atoms with Crippen LogP contribution >= 0.6 is 0 Å². The third-order valence-electron chi connectivity index (χ3n) is 5.84. The molecule has 0 fully saturated rings. The molecule has 43 heavy (non-hydrogen) atoms. The summed E-state index contributed by atoms with van der Waals surface area (Å²) in [5, 5.41) is 0. The van der Waals surface area contributed by atoms with Crippen LogP contribution in [0.1, 0.15) is 19.4 Å². The quantitative estimate of drug-likeness (QED) is 0.145. The van der Waals surface area contributed by atoms with Crippen molar-refractivity contribution in [3.8, 4) is 40.3 Å². The molecule has 0 bridgehead atoms. The van der Waals surface area contributed by atoms with E-state index in [1.807, 2.05) is 6.92 Å². The van der Waals surface area contributed by atoms with Gasteiger partial charge >= 0.3 is 5.97 Å². The van der Waals surface area contributed by atoms with Crippen LogP contribution in [0.15, 0.2) is 73.4 Å². The van der Waals surface area contributed by atoms with Crippen molar-refractivity contribution in [3.63, 3.8) is 0 Å². The Morgan fingerprint density at radius 1 is 1.02 bits per heavy atom. The Morgan fingerprint density at radius 3 is 2.42 bits per heavy atom. The van der Waals surface area contributed by atoms with Gasteiger partial charge in [0.2, 0.25) is 5.75 Å². The predicted molar refractivity (Wildman–Crippen MR) is 159 cm³/mol. The van der Waals surface area contributed by atoms with Crippen LogP contribution in [0.25, 0.3) is 17.0 Å². The molecule has 1 atom stereocenters. The molecule has 2 heterocycles. The molecule has 224 valence electrons. The first-order valence-electron chi connectivity index (χ1n) is 12.9. The summed E-state index contributed by atoms with van der Waals surface area (Å²) in [6.07, 6.45) is 1.50. The van der Waals surface area contributed by atoms with Gasteiger partial charge < -0.3 is 28.2 Å². The van der Waals surface area contributed by atoms with E-state index >= 15 is 0 Å². The van der Waals surface area contributed by atoms with Crippen molar-refractivity contribution in [2.24, 2.45) is 0 Å². The lowest BCUT2D eigenvalue weighted by Crippen LogP contribution is -2.23. The molecule has 4 aromatic rings. The maximum absolute atomic E-state index is 12.8. The SMILES string of the molecule is C=C(C)c1ccc(N(c2nc(-c3cccc(OCC(=O)OCC)c3)nc(OC)c2Oc2ccccc2OC)S(=O)[O-])nc1. The summed E-state index contributed by atoms with van der Waals surface area (Å²) in [5.74, 6) is 0.196. The zero-order chi connectivity index (χ0) is 30.9. The zero-order valence-corrected chi connectivity index (χ0v) is 24.8. The lowest BCUT2D eigenvalue weighted by Gasteiger charge is -2.27. The lowest BCUT2D eigenvalue weighted by molar-refractivity contribution is -0.145. The molecule has 2 aromatic carbocycles. The number of benzene rings is 2. The van der Waals surface area contributed by atoms with Crippen LogP contribution in [0.3, 0.4) is 0 Å². The number of nitrogens with zero attached hydrogens (tertiary/aromatic N) is 4. The van der Waals surface area contributed by atoms with E-state index in [4.69, 9.17) is 23.7 Å². The number of esters is 1. The first-order chi connectivity index (χ1) is 20.7. The van der Waals surface area contributed by atoms with Crippen molar-refractivity contribution < 1.29 is 37.2 Å². The topological polar surface area (TPSA) is 145 Å². The smallest absolute Gasteiger partial charge is 0.344 e. The van der Waals surface area contributed by atoms with E-state index in [1.165, 1.54) is 26.5 Å². The summed E-state index contributed by atoms with van der Waals surface area (Å²) < 4.78 is 54.0. The summed E-state index contributed by atoms with van der Waals surface area (Å²) in [7, 11) is 2.84. The van der Waals surface area contributed by atoms with Crippen LogP contribution in [0, 0.1) is 0 Å². The minimum atomic E-state index is -2.92. The molecule has 0 spiro atoms. The molecular weight excluding hydrogens is 576 g/mol. The summed E-state index contributed by atoms with van der Waals surface area (Å²) >= 11 is -2.92. The molecule has 4 rings (SSSR count). The van der Waals surface area contributed by atoms with Crippen LogP contribution in [-0.4, -0.2) is 57.1 Å². The van der Waals surface area contributed by atoms with Crippen molar-refractivity contribution in [3.05, 3.63) is 79.0 Å². The molecule has 0 saturated heterocycles. The minimum absolute atomic E-state index is 0.0291. The number of carbonyl (C=O) groups is 1. The van der Waals surface area contributed by atoms with Gasteiger partial charge in [0, 0.05) is 11.8 Å². The van der Waals surface area contributed by atoms with E-state index < -0.39 is 17.2 Å². The Kier molecular flexibility index (Phi) is 10.3. The fourth-order valence-corrected chi connectivity index (χ4v) is 4.34. The Labute approximate surface area is 251 Å². The predicted octanol–water partition coefficient (Wildman–Crippen LogP) is 5.26. The first-order valence-corrected chi connectivity index (χ1v) is 14.0. The van der Waals surface area contributed by atoms with E-state index in [1.54, 1.807) is 61.5 Å². The van der Waals surface area contributed by atoms with E-state index in [2.05, 4.69) is 21.5 Å². The van der Waals surface area contributed by atoms with Crippen molar-refractivity contribution in [2.45, 2.75) is 13.8 Å². The second kappa shape index (κ2) is 14.2. The minimum Gasteiger partial charge on any atom is -0.755 e. The standard InChI is InChI=1S/C30H30N4O8S/c1-6-40-26(35)18-41-22-11-9-10-20(16-22)28-32-29(34(43(36)37)25-15-14-21(17-31-25)19(2)3)27(30(33-28)39-5)42-24-13-8-7-12-23(24)38-4/h7-17H,2,6,18H2,1,3-5H3,(H,36,37)/p-1. The van der Waals surface area contributed by atoms with Gasteiger partial charge in [0.25, 0.3) is 5.88 Å². The van der Waals surface area contributed by atoms with E-state index in [9.17, 15) is 13.6 Å². The average Bonchev–Trinajstić information content (AvgIpc) is 3.01. The Hall–Kier alpha value is -5.01. The molecule has 0 aliphatic heterocycles. The molecule has 2 aromatic heterocycles. The molecule has 12 nitrogen and oxygen atoms in total. The highest BCUT2D eigenvalue weighted by Gasteiger charge is 2.27. The molecule has 0 aliphatic carbocycles. The summed E-state index contributed by atoms with van der Waals surface area (Å²) in [6.45, 7) is 7.34. The van der Waals surface area contributed by atoms with E-state index in [0.29, 0.717) is 17.1 Å². The number of hydrogen-bond acceptors (Lipinski definition) is 11. The van der Waals surface area contributed by atoms with E-state index in [-0.39, 0.29) is 48.1 Å². The summed E-state index contributed by atoms with van der Waals surface area (Å²) in [6, 6.07) is 16.6. The van der Waals surface area contributed by atoms with Gasteiger partial charge in [0.05, 0.1) is 32.1 Å². The van der Waals surface area contributed by atoms with Crippen molar-refractivity contribution in [1.29, 1.82) is 0 Å². The van der Waals surface area contributed by atoms with Gasteiger partial charge in [0.1, 0.15) is 11.6 Å². The van der Waals surface area contributed by atoms with Gasteiger partial charge in [-0.1, -0.05) is 30.8 Å². The van der Waals surface area contributed by atoms with Gasteiger partial charge in [0.15, 0.2) is 29.7 Å². The zero-order valence-electron chi connectivity index (χ0n) is 23.9. The number of anilines is 2. The van der Waals surface area contributed by atoms with Crippen molar-refractivity contribution >= 4 is 34.4 Å². The molecule has 1 unspecified atom stereocenters. The number of para-hydroxylation sites is 2.